The van der Waals surface area contributed by atoms with Gasteiger partial charge in [0.15, 0.2) is 11.5 Å². The van der Waals surface area contributed by atoms with E-state index in [0.717, 1.165) is 36.1 Å². The molecule has 9 nitrogen and oxygen atoms in total. The quantitative estimate of drug-likeness (QED) is 0.749. The molecule has 3 aromatic heterocycles. The Morgan fingerprint density at radius 1 is 1.12 bits per heavy atom. The SMILES string of the molecule is CNc1cn2c(-c3nccc(N4CCN(C(C)=O)CC4)n3)cnc2cn1. The molecule has 9 heteroatoms. The summed E-state index contributed by atoms with van der Waals surface area (Å²) in [4.78, 5) is 33.3. The molecule has 1 fully saturated rings. The van der Waals surface area contributed by atoms with Crippen LogP contribution in [0.5, 0.6) is 0 Å². The Labute approximate surface area is 150 Å². The zero-order valence-corrected chi connectivity index (χ0v) is 14.8. The van der Waals surface area contributed by atoms with Crippen molar-refractivity contribution in [2.24, 2.45) is 0 Å². The first-order valence-electron chi connectivity index (χ1n) is 8.50. The molecule has 1 N–H and O–H groups in total. The van der Waals surface area contributed by atoms with Crippen LogP contribution in [0.1, 0.15) is 6.92 Å². The van der Waals surface area contributed by atoms with Crippen LogP contribution in [-0.4, -0.2) is 68.4 Å². The predicted molar refractivity (Wildman–Crippen MR) is 98.0 cm³/mol. The molecular formula is C17H20N8O. The maximum absolute atomic E-state index is 11.5. The summed E-state index contributed by atoms with van der Waals surface area (Å²) in [6, 6.07) is 1.90. The molecule has 0 unspecified atom stereocenters. The zero-order valence-electron chi connectivity index (χ0n) is 14.8. The highest BCUT2D eigenvalue weighted by atomic mass is 16.2. The normalized spacial score (nSPS) is 14.7. The molecule has 0 atom stereocenters. The number of nitrogens with zero attached hydrogens (tertiary/aromatic N) is 7. The van der Waals surface area contributed by atoms with Crippen LogP contribution in [0.3, 0.4) is 0 Å². The van der Waals surface area contributed by atoms with Gasteiger partial charge in [0.2, 0.25) is 5.91 Å². The number of rotatable bonds is 3. The van der Waals surface area contributed by atoms with E-state index in [1.54, 1.807) is 25.5 Å². The van der Waals surface area contributed by atoms with Crippen LogP contribution in [0.2, 0.25) is 0 Å². The Hall–Kier alpha value is -3.23. The number of aromatic nitrogens is 5. The lowest BCUT2D eigenvalue weighted by molar-refractivity contribution is -0.129. The van der Waals surface area contributed by atoms with Gasteiger partial charge in [-0.25, -0.2) is 19.9 Å². The lowest BCUT2D eigenvalue weighted by Crippen LogP contribution is -2.48. The predicted octanol–water partition coefficient (Wildman–Crippen LogP) is 0.896. The molecule has 1 aliphatic heterocycles. The van der Waals surface area contributed by atoms with E-state index in [0.29, 0.717) is 18.9 Å². The third-order valence-corrected chi connectivity index (χ3v) is 4.57. The van der Waals surface area contributed by atoms with Gasteiger partial charge in [-0.1, -0.05) is 0 Å². The summed E-state index contributed by atoms with van der Waals surface area (Å²) in [5.74, 6) is 2.33. The van der Waals surface area contributed by atoms with Crippen molar-refractivity contribution < 1.29 is 4.79 Å². The van der Waals surface area contributed by atoms with Gasteiger partial charge in [0.25, 0.3) is 0 Å². The van der Waals surface area contributed by atoms with Crippen molar-refractivity contribution in [1.29, 1.82) is 0 Å². The number of imidazole rings is 1. The fourth-order valence-corrected chi connectivity index (χ4v) is 3.08. The second kappa shape index (κ2) is 6.58. The molecule has 0 aliphatic carbocycles. The number of amides is 1. The van der Waals surface area contributed by atoms with Gasteiger partial charge < -0.3 is 15.1 Å². The number of fused-ring (bicyclic) bond motifs is 1. The minimum Gasteiger partial charge on any atom is -0.372 e. The maximum Gasteiger partial charge on any atom is 0.219 e. The lowest BCUT2D eigenvalue weighted by atomic mass is 10.3. The summed E-state index contributed by atoms with van der Waals surface area (Å²) in [6.07, 6.45) is 7.09. The molecule has 1 saturated heterocycles. The van der Waals surface area contributed by atoms with Crippen LogP contribution < -0.4 is 10.2 Å². The molecule has 4 heterocycles. The molecule has 0 aromatic carbocycles. The Morgan fingerprint density at radius 2 is 1.92 bits per heavy atom. The van der Waals surface area contributed by atoms with E-state index in [1.807, 2.05) is 28.6 Å². The van der Waals surface area contributed by atoms with Crippen molar-refractivity contribution in [1.82, 2.24) is 29.2 Å². The summed E-state index contributed by atoms with van der Waals surface area (Å²) >= 11 is 0. The molecule has 134 valence electrons. The van der Waals surface area contributed by atoms with Crippen LogP contribution in [0, 0.1) is 0 Å². The lowest BCUT2D eigenvalue weighted by Gasteiger charge is -2.34. The number of hydrogen-bond acceptors (Lipinski definition) is 7. The van der Waals surface area contributed by atoms with E-state index in [9.17, 15) is 4.79 Å². The van der Waals surface area contributed by atoms with E-state index in [1.165, 1.54) is 0 Å². The minimum absolute atomic E-state index is 0.118. The summed E-state index contributed by atoms with van der Waals surface area (Å²) in [7, 11) is 1.82. The van der Waals surface area contributed by atoms with Crippen LogP contribution >= 0.6 is 0 Å². The van der Waals surface area contributed by atoms with Gasteiger partial charge in [-0.3, -0.25) is 9.20 Å². The number of carbonyl (C=O) groups is 1. The maximum atomic E-state index is 11.5. The molecule has 0 radical (unpaired) electrons. The monoisotopic (exact) mass is 352 g/mol. The third kappa shape index (κ3) is 2.92. The first-order valence-corrected chi connectivity index (χ1v) is 8.50. The van der Waals surface area contributed by atoms with Crippen molar-refractivity contribution >= 4 is 23.2 Å². The van der Waals surface area contributed by atoms with Gasteiger partial charge >= 0.3 is 0 Å². The Balaban J connectivity index is 1.63. The highest BCUT2D eigenvalue weighted by molar-refractivity contribution is 5.73. The largest absolute Gasteiger partial charge is 0.372 e. The first kappa shape index (κ1) is 16.2. The Morgan fingerprint density at radius 3 is 2.65 bits per heavy atom. The molecule has 1 aliphatic rings. The van der Waals surface area contributed by atoms with Crippen molar-refractivity contribution in [2.75, 3.05) is 43.4 Å². The topological polar surface area (TPSA) is 91.6 Å². The number of anilines is 2. The first-order chi connectivity index (χ1) is 12.7. The smallest absolute Gasteiger partial charge is 0.219 e. The summed E-state index contributed by atoms with van der Waals surface area (Å²) in [6.45, 7) is 4.55. The number of piperazine rings is 1. The molecule has 1 amide bonds. The van der Waals surface area contributed by atoms with E-state index < -0.39 is 0 Å². The Kier molecular flexibility index (Phi) is 4.11. The van der Waals surface area contributed by atoms with Crippen molar-refractivity contribution in [3.8, 4) is 11.5 Å². The minimum atomic E-state index is 0.118. The average molecular weight is 352 g/mol. The van der Waals surface area contributed by atoms with Crippen LogP contribution in [0.15, 0.2) is 30.9 Å². The molecule has 3 aromatic rings. The van der Waals surface area contributed by atoms with E-state index in [4.69, 9.17) is 4.98 Å². The van der Waals surface area contributed by atoms with Crippen molar-refractivity contribution in [3.63, 3.8) is 0 Å². The number of carbonyl (C=O) groups excluding carboxylic acids is 1. The van der Waals surface area contributed by atoms with E-state index in [2.05, 4.69) is 25.2 Å². The molecule has 0 bridgehead atoms. The molecular weight excluding hydrogens is 332 g/mol. The second-order valence-electron chi connectivity index (χ2n) is 6.13. The summed E-state index contributed by atoms with van der Waals surface area (Å²) < 4.78 is 1.92. The van der Waals surface area contributed by atoms with Gasteiger partial charge in [-0.2, -0.15) is 0 Å². The molecule has 0 saturated carbocycles. The highest BCUT2D eigenvalue weighted by Gasteiger charge is 2.20. The van der Waals surface area contributed by atoms with Gasteiger partial charge in [0, 0.05) is 46.3 Å². The van der Waals surface area contributed by atoms with Crippen molar-refractivity contribution in [3.05, 3.63) is 30.9 Å². The Bertz CT molecular complexity index is 945. The van der Waals surface area contributed by atoms with Gasteiger partial charge in [-0.05, 0) is 6.07 Å². The van der Waals surface area contributed by atoms with Crippen LogP contribution in [0.4, 0.5) is 11.6 Å². The second-order valence-corrected chi connectivity index (χ2v) is 6.13. The molecule has 0 spiro atoms. The summed E-state index contributed by atoms with van der Waals surface area (Å²) in [5, 5.41) is 3.02. The number of nitrogens with one attached hydrogen (secondary N) is 1. The number of hydrogen-bond donors (Lipinski definition) is 1. The standard InChI is InChI=1S/C17H20N8O/c1-12(26)23-5-7-24(8-6-23)15-3-4-19-17(22-15)13-9-21-16-10-20-14(18-2)11-25(13)16/h3-4,9-11,18H,5-8H2,1-2H3. The van der Waals surface area contributed by atoms with E-state index >= 15 is 0 Å². The highest BCUT2D eigenvalue weighted by Crippen LogP contribution is 2.21. The molecule has 26 heavy (non-hydrogen) atoms. The van der Waals surface area contributed by atoms with Gasteiger partial charge in [-0.15, -0.1) is 0 Å². The van der Waals surface area contributed by atoms with E-state index in [-0.39, 0.29) is 5.91 Å². The van der Waals surface area contributed by atoms with Crippen LogP contribution in [0.25, 0.3) is 17.2 Å². The fourth-order valence-electron chi connectivity index (χ4n) is 3.08. The van der Waals surface area contributed by atoms with Crippen LogP contribution in [-0.2, 0) is 4.79 Å². The van der Waals surface area contributed by atoms with Crippen molar-refractivity contribution in [2.45, 2.75) is 6.92 Å². The van der Waals surface area contributed by atoms with Gasteiger partial charge in [0.05, 0.1) is 18.6 Å². The van der Waals surface area contributed by atoms with Gasteiger partial charge in [0.1, 0.15) is 17.3 Å². The third-order valence-electron chi connectivity index (χ3n) is 4.57. The zero-order chi connectivity index (χ0) is 18.1. The summed E-state index contributed by atoms with van der Waals surface area (Å²) in [5.41, 5.74) is 1.55. The fraction of sp³-hybridized carbons (Fsp3) is 0.353. The molecule has 4 rings (SSSR count). The average Bonchev–Trinajstić information content (AvgIpc) is 3.11.